The lowest BCUT2D eigenvalue weighted by Crippen LogP contribution is -2.10. The molecule has 1 heterocycles. The standard InChI is InChI=1S/C7H11N3/c1-6(4-8)7-2-3-9-5-10-7/h2-3,5-6H,4,8H2,1H3. The zero-order valence-electron chi connectivity index (χ0n) is 5.99. The number of hydrogen-bond donors (Lipinski definition) is 1. The lowest BCUT2D eigenvalue weighted by Gasteiger charge is -2.04. The van der Waals surface area contributed by atoms with Crippen molar-refractivity contribution in [2.75, 3.05) is 6.54 Å². The largest absolute Gasteiger partial charge is 0.330 e. The maximum atomic E-state index is 5.44. The Morgan fingerprint density at radius 2 is 2.50 bits per heavy atom. The van der Waals surface area contributed by atoms with Crippen LogP contribution in [0.3, 0.4) is 0 Å². The predicted molar refractivity (Wildman–Crippen MR) is 39.5 cm³/mol. The first kappa shape index (κ1) is 7.15. The molecule has 1 unspecified atom stereocenters. The molecule has 1 rings (SSSR count). The van der Waals surface area contributed by atoms with E-state index in [9.17, 15) is 0 Å². The molecular weight excluding hydrogens is 126 g/mol. The lowest BCUT2D eigenvalue weighted by atomic mass is 10.1. The fourth-order valence-electron chi connectivity index (χ4n) is 0.713. The van der Waals surface area contributed by atoms with E-state index < -0.39 is 0 Å². The van der Waals surface area contributed by atoms with Crippen molar-refractivity contribution < 1.29 is 0 Å². The quantitative estimate of drug-likeness (QED) is 0.647. The van der Waals surface area contributed by atoms with Gasteiger partial charge in [0, 0.05) is 24.4 Å². The fraction of sp³-hybridized carbons (Fsp3) is 0.429. The van der Waals surface area contributed by atoms with Crippen molar-refractivity contribution in [3.63, 3.8) is 0 Å². The molecule has 0 fully saturated rings. The van der Waals surface area contributed by atoms with Crippen molar-refractivity contribution in [1.29, 1.82) is 0 Å². The Morgan fingerprint density at radius 1 is 1.70 bits per heavy atom. The summed E-state index contributed by atoms with van der Waals surface area (Å²) in [5.74, 6) is 0.336. The number of rotatable bonds is 2. The molecule has 0 aliphatic carbocycles. The molecule has 3 nitrogen and oxygen atoms in total. The summed E-state index contributed by atoms with van der Waals surface area (Å²) in [5.41, 5.74) is 6.46. The van der Waals surface area contributed by atoms with Crippen LogP contribution in [0.1, 0.15) is 18.5 Å². The van der Waals surface area contributed by atoms with Gasteiger partial charge in [-0.15, -0.1) is 0 Å². The molecule has 0 aromatic carbocycles. The van der Waals surface area contributed by atoms with Gasteiger partial charge in [0.05, 0.1) is 0 Å². The molecule has 0 bridgehead atoms. The summed E-state index contributed by atoms with van der Waals surface area (Å²) in [6.07, 6.45) is 3.27. The number of nitrogens with two attached hydrogens (primary N) is 1. The molecule has 0 amide bonds. The molecule has 2 N–H and O–H groups in total. The lowest BCUT2D eigenvalue weighted by molar-refractivity contribution is 0.740. The van der Waals surface area contributed by atoms with E-state index in [0.717, 1.165) is 5.69 Å². The van der Waals surface area contributed by atoms with Crippen LogP contribution >= 0.6 is 0 Å². The van der Waals surface area contributed by atoms with E-state index in [-0.39, 0.29) is 0 Å². The van der Waals surface area contributed by atoms with Crippen LogP contribution < -0.4 is 5.73 Å². The van der Waals surface area contributed by atoms with Crippen molar-refractivity contribution in [3.8, 4) is 0 Å². The van der Waals surface area contributed by atoms with Crippen molar-refractivity contribution >= 4 is 0 Å². The minimum Gasteiger partial charge on any atom is -0.330 e. The smallest absolute Gasteiger partial charge is 0.115 e. The van der Waals surface area contributed by atoms with Gasteiger partial charge in [-0.05, 0) is 6.07 Å². The number of aromatic nitrogens is 2. The normalized spacial score (nSPS) is 13.0. The van der Waals surface area contributed by atoms with Crippen molar-refractivity contribution in [2.24, 2.45) is 5.73 Å². The molecule has 1 atom stereocenters. The monoisotopic (exact) mass is 137 g/mol. The summed E-state index contributed by atoms with van der Waals surface area (Å²) in [6.45, 7) is 2.68. The van der Waals surface area contributed by atoms with Crippen molar-refractivity contribution in [2.45, 2.75) is 12.8 Å². The highest BCUT2D eigenvalue weighted by Crippen LogP contribution is 2.07. The Kier molecular flexibility index (Phi) is 2.34. The molecule has 10 heavy (non-hydrogen) atoms. The highest BCUT2D eigenvalue weighted by Gasteiger charge is 2.01. The van der Waals surface area contributed by atoms with Crippen LogP contribution in [0.5, 0.6) is 0 Å². The zero-order chi connectivity index (χ0) is 7.40. The maximum Gasteiger partial charge on any atom is 0.115 e. The molecule has 1 aromatic rings. The van der Waals surface area contributed by atoms with E-state index in [2.05, 4.69) is 9.97 Å². The molecule has 0 aliphatic heterocycles. The van der Waals surface area contributed by atoms with Gasteiger partial charge in [-0.3, -0.25) is 0 Å². The highest BCUT2D eigenvalue weighted by molar-refractivity contribution is 5.04. The van der Waals surface area contributed by atoms with Gasteiger partial charge >= 0.3 is 0 Å². The van der Waals surface area contributed by atoms with E-state index in [1.165, 1.54) is 0 Å². The number of nitrogens with zero attached hydrogens (tertiary/aromatic N) is 2. The van der Waals surface area contributed by atoms with Crippen LogP contribution in [0, 0.1) is 0 Å². The van der Waals surface area contributed by atoms with Gasteiger partial charge in [-0.1, -0.05) is 6.92 Å². The summed E-state index contributed by atoms with van der Waals surface area (Å²) in [5, 5.41) is 0. The minimum atomic E-state index is 0.336. The second-order valence-electron chi connectivity index (χ2n) is 2.27. The van der Waals surface area contributed by atoms with Crippen molar-refractivity contribution in [3.05, 3.63) is 24.3 Å². The predicted octanol–water partition coefficient (Wildman–Crippen LogP) is 0.539. The average molecular weight is 137 g/mol. The molecule has 0 saturated heterocycles. The second-order valence-corrected chi connectivity index (χ2v) is 2.27. The fourth-order valence-corrected chi connectivity index (χ4v) is 0.713. The van der Waals surface area contributed by atoms with E-state index >= 15 is 0 Å². The zero-order valence-corrected chi connectivity index (χ0v) is 5.99. The Morgan fingerprint density at radius 3 is 3.00 bits per heavy atom. The van der Waals surface area contributed by atoms with Crippen LogP contribution in [0.25, 0.3) is 0 Å². The maximum absolute atomic E-state index is 5.44. The second kappa shape index (κ2) is 3.27. The van der Waals surface area contributed by atoms with E-state index in [1.807, 2.05) is 13.0 Å². The number of hydrogen-bond acceptors (Lipinski definition) is 3. The molecule has 0 aliphatic rings. The van der Waals surface area contributed by atoms with Gasteiger partial charge in [-0.2, -0.15) is 0 Å². The molecule has 3 heteroatoms. The molecule has 0 spiro atoms. The van der Waals surface area contributed by atoms with Crippen LogP contribution in [-0.4, -0.2) is 16.5 Å². The van der Waals surface area contributed by atoms with Gasteiger partial charge in [0.2, 0.25) is 0 Å². The average Bonchev–Trinajstić information content (AvgIpc) is 2.05. The third-order valence-corrected chi connectivity index (χ3v) is 1.46. The topological polar surface area (TPSA) is 51.8 Å². The molecule has 1 aromatic heterocycles. The van der Waals surface area contributed by atoms with Gasteiger partial charge in [-0.25, -0.2) is 9.97 Å². The summed E-state index contributed by atoms with van der Waals surface area (Å²) < 4.78 is 0. The summed E-state index contributed by atoms with van der Waals surface area (Å²) in [7, 11) is 0. The third-order valence-electron chi connectivity index (χ3n) is 1.46. The molecular formula is C7H11N3. The first-order valence-corrected chi connectivity index (χ1v) is 3.30. The van der Waals surface area contributed by atoms with Crippen molar-refractivity contribution in [1.82, 2.24) is 9.97 Å². The SMILES string of the molecule is CC(CN)c1ccncn1. The van der Waals surface area contributed by atoms with Crippen LogP contribution in [0.4, 0.5) is 0 Å². The summed E-state index contributed by atoms with van der Waals surface area (Å²) in [6, 6.07) is 1.89. The van der Waals surface area contributed by atoms with Gasteiger partial charge in [0.25, 0.3) is 0 Å². The van der Waals surface area contributed by atoms with E-state index in [1.54, 1.807) is 12.5 Å². The van der Waals surface area contributed by atoms with Crippen LogP contribution in [0.2, 0.25) is 0 Å². The Bertz CT molecular complexity index is 185. The van der Waals surface area contributed by atoms with E-state index in [4.69, 9.17) is 5.73 Å². The highest BCUT2D eigenvalue weighted by atomic mass is 14.8. The third kappa shape index (κ3) is 1.51. The van der Waals surface area contributed by atoms with Gasteiger partial charge in [0.15, 0.2) is 0 Å². The molecule has 0 radical (unpaired) electrons. The van der Waals surface area contributed by atoms with Gasteiger partial charge < -0.3 is 5.73 Å². The Hall–Kier alpha value is -0.960. The van der Waals surface area contributed by atoms with Crippen LogP contribution in [0.15, 0.2) is 18.6 Å². The first-order chi connectivity index (χ1) is 4.84. The van der Waals surface area contributed by atoms with Gasteiger partial charge in [0.1, 0.15) is 6.33 Å². The summed E-state index contributed by atoms with van der Waals surface area (Å²) in [4.78, 5) is 7.87. The molecule has 54 valence electrons. The summed E-state index contributed by atoms with van der Waals surface area (Å²) >= 11 is 0. The first-order valence-electron chi connectivity index (χ1n) is 3.30. The Labute approximate surface area is 60.3 Å². The van der Waals surface area contributed by atoms with Crippen LogP contribution in [-0.2, 0) is 0 Å². The Balaban J connectivity index is 2.75. The van der Waals surface area contributed by atoms with E-state index in [0.29, 0.717) is 12.5 Å². The molecule has 0 saturated carbocycles. The minimum absolute atomic E-state index is 0.336.